The van der Waals surface area contributed by atoms with E-state index in [-0.39, 0.29) is 0 Å². The van der Waals surface area contributed by atoms with Crippen molar-refractivity contribution in [1.29, 1.82) is 0 Å². The number of benzene rings is 1. The molecule has 3 heteroatoms. The zero-order chi connectivity index (χ0) is 11.9. The van der Waals surface area contributed by atoms with E-state index in [2.05, 4.69) is 37.9 Å². The standard InChI is InChI=1S/C13H15NOS/c1-7-5-9(3)11(6-8(7)2)12-14-10(4)13(15)16-12/h5-6,15H,1-4H3. The van der Waals surface area contributed by atoms with Gasteiger partial charge in [0.1, 0.15) is 5.01 Å². The summed E-state index contributed by atoms with van der Waals surface area (Å²) in [6, 6.07) is 4.31. The topological polar surface area (TPSA) is 33.1 Å². The molecule has 0 saturated carbocycles. The third-order valence-corrected chi connectivity index (χ3v) is 3.84. The van der Waals surface area contributed by atoms with Crippen LogP contribution in [-0.2, 0) is 0 Å². The molecule has 2 nitrogen and oxygen atoms in total. The fourth-order valence-electron chi connectivity index (χ4n) is 1.69. The SMILES string of the molecule is Cc1cc(C)c(-c2nc(C)c(O)s2)cc1C. The van der Waals surface area contributed by atoms with Crippen molar-refractivity contribution >= 4 is 11.3 Å². The van der Waals surface area contributed by atoms with E-state index in [1.165, 1.54) is 28.0 Å². The van der Waals surface area contributed by atoms with Crippen molar-refractivity contribution in [2.24, 2.45) is 0 Å². The number of rotatable bonds is 1. The summed E-state index contributed by atoms with van der Waals surface area (Å²) < 4.78 is 0. The van der Waals surface area contributed by atoms with Crippen molar-refractivity contribution in [3.8, 4) is 15.6 Å². The van der Waals surface area contributed by atoms with Crippen molar-refractivity contribution in [1.82, 2.24) is 4.98 Å². The Morgan fingerprint density at radius 2 is 1.62 bits per heavy atom. The summed E-state index contributed by atoms with van der Waals surface area (Å²) in [6.07, 6.45) is 0. The van der Waals surface area contributed by atoms with Crippen LogP contribution in [0.25, 0.3) is 10.6 Å². The average Bonchev–Trinajstić information content (AvgIpc) is 2.53. The second-order valence-corrected chi connectivity index (χ2v) is 5.14. The Morgan fingerprint density at radius 3 is 2.19 bits per heavy atom. The average molecular weight is 233 g/mol. The molecule has 0 saturated heterocycles. The van der Waals surface area contributed by atoms with E-state index in [9.17, 15) is 5.11 Å². The molecule has 2 aromatic rings. The second-order valence-electron chi connectivity index (χ2n) is 4.16. The van der Waals surface area contributed by atoms with Gasteiger partial charge < -0.3 is 5.11 Å². The molecule has 0 radical (unpaired) electrons. The highest BCUT2D eigenvalue weighted by Gasteiger charge is 2.11. The predicted molar refractivity (Wildman–Crippen MR) is 68.2 cm³/mol. The van der Waals surface area contributed by atoms with Crippen LogP contribution in [0.3, 0.4) is 0 Å². The number of aromatic hydroxyl groups is 1. The van der Waals surface area contributed by atoms with Gasteiger partial charge in [-0.25, -0.2) is 4.98 Å². The molecule has 1 heterocycles. The molecule has 0 fully saturated rings. The molecule has 0 amide bonds. The van der Waals surface area contributed by atoms with Gasteiger partial charge in [-0.3, -0.25) is 0 Å². The lowest BCUT2D eigenvalue weighted by atomic mass is 10.0. The first-order chi connectivity index (χ1) is 7.49. The molecule has 0 unspecified atom stereocenters. The molecular formula is C13H15NOS. The molecule has 0 atom stereocenters. The Labute approximate surface area is 99.6 Å². The first-order valence-corrected chi connectivity index (χ1v) is 6.05. The maximum Gasteiger partial charge on any atom is 0.195 e. The van der Waals surface area contributed by atoms with Crippen LogP contribution < -0.4 is 0 Å². The molecule has 2 rings (SSSR count). The van der Waals surface area contributed by atoms with Gasteiger partial charge in [0.25, 0.3) is 0 Å². The molecule has 0 aliphatic rings. The van der Waals surface area contributed by atoms with Crippen molar-refractivity contribution in [2.45, 2.75) is 27.7 Å². The summed E-state index contributed by atoms with van der Waals surface area (Å²) in [4.78, 5) is 4.38. The van der Waals surface area contributed by atoms with E-state index < -0.39 is 0 Å². The quantitative estimate of drug-likeness (QED) is 0.813. The largest absolute Gasteiger partial charge is 0.498 e. The summed E-state index contributed by atoms with van der Waals surface area (Å²) in [6.45, 7) is 8.11. The molecule has 84 valence electrons. The van der Waals surface area contributed by atoms with Crippen LogP contribution in [0, 0.1) is 27.7 Å². The summed E-state index contributed by atoms with van der Waals surface area (Å²) >= 11 is 1.34. The number of aryl methyl sites for hydroxylation is 4. The summed E-state index contributed by atoms with van der Waals surface area (Å²) in [5.41, 5.74) is 5.58. The molecule has 16 heavy (non-hydrogen) atoms. The molecule has 1 N–H and O–H groups in total. The second kappa shape index (κ2) is 3.91. The van der Waals surface area contributed by atoms with Gasteiger partial charge in [-0.2, -0.15) is 0 Å². The lowest BCUT2D eigenvalue weighted by Gasteiger charge is -2.06. The van der Waals surface area contributed by atoms with E-state index in [0.717, 1.165) is 10.6 Å². The zero-order valence-corrected chi connectivity index (χ0v) is 10.8. The lowest BCUT2D eigenvalue weighted by Crippen LogP contribution is -1.88. The van der Waals surface area contributed by atoms with Gasteiger partial charge in [0, 0.05) is 5.56 Å². The minimum Gasteiger partial charge on any atom is -0.498 e. The van der Waals surface area contributed by atoms with Gasteiger partial charge in [0.2, 0.25) is 0 Å². The van der Waals surface area contributed by atoms with Gasteiger partial charge in [-0.1, -0.05) is 17.4 Å². The molecule has 0 aliphatic carbocycles. The third kappa shape index (κ3) is 1.83. The monoisotopic (exact) mass is 233 g/mol. The molecule has 1 aromatic heterocycles. The number of thiazole rings is 1. The minimum atomic E-state index is 0.313. The molecule has 0 bridgehead atoms. The van der Waals surface area contributed by atoms with Crippen LogP contribution in [0.15, 0.2) is 12.1 Å². The third-order valence-electron chi connectivity index (χ3n) is 2.84. The summed E-state index contributed by atoms with van der Waals surface area (Å²) in [5, 5.41) is 10.8. The van der Waals surface area contributed by atoms with E-state index in [1.54, 1.807) is 0 Å². The fourth-order valence-corrected chi connectivity index (χ4v) is 2.58. The molecule has 0 aliphatic heterocycles. The summed E-state index contributed by atoms with van der Waals surface area (Å²) in [5.74, 6) is 0. The highest BCUT2D eigenvalue weighted by molar-refractivity contribution is 7.16. The zero-order valence-electron chi connectivity index (χ0n) is 9.96. The van der Waals surface area contributed by atoms with E-state index in [1.807, 2.05) is 6.92 Å². The van der Waals surface area contributed by atoms with Gasteiger partial charge in [0.05, 0.1) is 5.69 Å². The first kappa shape index (κ1) is 11.1. The molecular weight excluding hydrogens is 218 g/mol. The van der Waals surface area contributed by atoms with Gasteiger partial charge >= 0.3 is 0 Å². The number of hydrogen-bond acceptors (Lipinski definition) is 3. The van der Waals surface area contributed by atoms with E-state index in [0.29, 0.717) is 10.8 Å². The number of nitrogens with zero attached hydrogens (tertiary/aromatic N) is 1. The fraction of sp³-hybridized carbons (Fsp3) is 0.308. The van der Waals surface area contributed by atoms with Crippen LogP contribution in [0.5, 0.6) is 5.06 Å². The highest BCUT2D eigenvalue weighted by Crippen LogP contribution is 2.34. The maximum atomic E-state index is 9.57. The van der Waals surface area contributed by atoms with E-state index >= 15 is 0 Å². The van der Waals surface area contributed by atoms with Gasteiger partial charge in [-0.15, -0.1) is 0 Å². The van der Waals surface area contributed by atoms with Crippen LogP contribution in [0.4, 0.5) is 0 Å². The Kier molecular flexibility index (Phi) is 2.72. The summed E-state index contributed by atoms with van der Waals surface area (Å²) in [7, 11) is 0. The Morgan fingerprint density at radius 1 is 1.00 bits per heavy atom. The van der Waals surface area contributed by atoms with Crippen LogP contribution >= 0.6 is 11.3 Å². The highest BCUT2D eigenvalue weighted by atomic mass is 32.1. The van der Waals surface area contributed by atoms with E-state index in [4.69, 9.17) is 0 Å². The molecule has 1 aromatic carbocycles. The van der Waals surface area contributed by atoms with Crippen molar-refractivity contribution in [3.05, 3.63) is 34.5 Å². The first-order valence-electron chi connectivity index (χ1n) is 5.23. The van der Waals surface area contributed by atoms with Gasteiger partial charge in [0.15, 0.2) is 5.06 Å². The van der Waals surface area contributed by atoms with Crippen molar-refractivity contribution in [2.75, 3.05) is 0 Å². The Bertz CT molecular complexity index is 524. The van der Waals surface area contributed by atoms with Crippen molar-refractivity contribution in [3.63, 3.8) is 0 Å². The van der Waals surface area contributed by atoms with Crippen molar-refractivity contribution < 1.29 is 5.11 Å². The maximum absolute atomic E-state index is 9.57. The Hall–Kier alpha value is -1.35. The minimum absolute atomic E-state index is 0.313. The van der Waals surface area contributed by atoms with Crippen LogP contribution in [-0.4, -0.2) is 10.1 Å². The predicted octanol–water partition coefficient (Wildman–Crippen LogP) is 3.75. The Balaban J connectivity index is 2.60. The van der Waals surface area contributed by atoms with Crippen LogP contribution in [0.1, 0.15) is 22.4 Å². The number of hydrogen-bond donors (Lipinski definition) is 1. The van der Waals surface area contributed by atoms with Crippen LogP contribution in [0.2, 0.25) is 0 Å². The smallest absolute Gasteiger partial charge is 0.195 e. The number of aromatic nitrogens is 1. The molecule has 0 spiro atoms. The normalized spacial score (nSPS) is 10.8. The lowest BCUT2D eigenvalue weighted by molar-refractivity contribution is 0.485. The van der Waals surface area contributed by atoms with Gasteiger partial charge in [-0.05, 0) is 50.5 Å².